The van der Waals surface area contributed by atoms with E-state index < -0.39 is 0 Å². The van der Waals surface area contributed by atoms with Crippen molar-refractivity contribution in [3.05, 3.63) is 81.2 Å². The fourth-order valence-electron chi connectivity index (χ4n) is 3.38. The van der Waals surface area contributed by atoms with Gasteiger partial charge in [-0.1, -0.05) is 36.0 Å². The Hall–Kier alpha value is -2.66. The normalized spacial score (nSPS) is 11.6. The maximum absolute atomic E-state index is 12.6. The average molecular weight is 575 g/mol. The monoisotopic (exact) mass is 575 g/mol. The molecule has 0 radical (unpaired) electrons. The zero-order chi connectivity index (χ0) is 24.0. The van der Waals surface area contributed by atoms with Crippen LogP contribution in [0.15, 0.2) is 60.3 Å². The number of nitrogens with one attached hydrogen (secondary N) is 2. The molecule has 0 unspecified atom stereocenters. The fraction of sp³-hybridized carbons (Fsp3) is 0.250. The first-order valence-corrected chi connectivity index (χ1v) is 12.5. The van der Waals surface area contributed by atoms with Crippen LogP contribution in [-0.2, 0) is 11.3 Å². The van der Waals surface area contributed by atoms with Crippen LogP contribution in [0, 0.1) is 17.4 Å². The highest BCUT2D eigenvalue weighted by molar-refractivity contribution is 14.1. The van der Waals surface area contributed by atoms with Crippen LogP contribution in [0.4, 0.5) is 5.69 Å². The third-order valence-electron chi connectivity index (χ3n) is 4.92. The number of carbonyl (C=O) groups is 2. The molecule has 0 bridgehead atoms. The average Bonchev–Trinajstić information content (AvgIpc) is 3.18. The van der Waals surface area contributed by atoms with Gasteiger partial charge in [0.05, 0.1) is 11.8 Å². The first-order valence-electron chi connectivity index (χ1n) is 10.4. The zero-order valence-electron chi connectivity index (χ0n) is 18.8. The van der Waals surface area contributed by atoms with Crippen LogP contribution >= 0.6 is 34.4 Å². The minimum Gasteiger partial charge on any atom is -0.342 e. The van der Waals surface area contributed by atoms with Crippen molar-refractivity contribution < 1.29 is 9.59 Å². The van der Waals surface area contributed by atoms with Crippen molar-refractivity contribution in [3.8, 4) is 0 Å². The van der Waals surface area contributed by atoms with Gasteiger partial charge in [-0.2, -0.15) is 0 Å². The molecule has 0 spiro atoms. The van der Waals surface area contributed by atoms with Crippen molar-refractivity contribution in [3.63, 3.8) is 0 Å². The van der Waals surface area contributed by atoms with E-state index in [0.29, 0.717) is 23.1 Å². The highest BCUT2D eigenvalue weighted by Gasteiger charge is 2.20. The van der Waals surface area contributed by atoms with Crippen LogP contribution in [0.2, 0.25) is 0 Å². The van der Waals surface area contributed by atoms with Gasteiger partial charge in [0.25, 0.3) is 5.91 Å². The maximum Gasteiger partial charge on any atom is 0.251 e. The van der Waals surface area contributed by atoms with Gasteiger partial charge < -0.3 is 15.2 Å². The topological polar surface area (TPSA) is 88.9 Å². The van der Waals surface area contributed by atoms with Gasteiger partial charge in [-0.25, -0.2) is 0 Å². The van der Waals surface area contributed by atoms with Crippen molar-refractivity contribution in [2.75, 3.05) is 11.1 Å². The molecule has 0 saturated carbocycles. The molecule has 0 saturated heterocycles. The number of hydrogen-bond donors (Lipinski definition) is 2. The van der Waals surface area contributed by atoms with Gasteiger partial charge in [0, 0.05) is 21.4 Å². The summed E-state index contributed by atoms with van der Waals surface area (Å²) in [6.07, 6.45) is 1.74. The Balaban J connectivity index is 1.68. The molecule has 172 valence electrons. The number of hydrogen-bond acceptors (Lipinski definition) is 5. The van der Waals surface area contributed by atoms with Gasteiger partial charge >= 0.3 is 0 Å². The van der Waals surface area contributed by atoms with E-state index in [1.807, 2.05) is 55.7 Å². The van der Waals surface area contributed by atoms with E-state index in [1.165, 1.54) is 11.8 Å². The number of allylic oxidation sites excluding steroid dienone is 1. The Morgan fingerprint density at radius 1 is 1.18 bits per heavy atom. The van der Waals surface area contributed by atoms with E-state index in [9.17, 15) is 9.59 Å². The van der Waals surface area contributed by atoms with Crippen LogP contribution in [-0.4, -0.2) is 32.3 Å². The Morgan fingerprint density at radius 2 is 1.85 bits per heavy atom. The number of aryl methyl sites for hydroxylation is 2. The highest BCUT2D eigenvalue weighted by atomic mass is 127. The molecular formula is C24H26IN5O2S. The summed E-state index contributed by atoms with van der Waals surface area (Å²) in [5.74, 6) is 0.484. The number of anilines is 1. The molecule has 2 amide bonds. The largest absolute Gasteiger partial charge is 0.342 e. The van der Waals surface area contributed by atoms with E-state index in [-0.39, 0.29) is 23.6 Å². The molecule has 3 aromatic rings. The van der Waals surface area contributed by atoms with E-state index >= 15 is 0 Å². The summed E-state index contributed by atoms with van der Waals surface area (Å²) in [5, 5.41) is 15.1. The lowest BCUT2D eigenvalue weighted by Gasteiger charge is -2.15. The molecule has 1 atom stereocenters. The van der Waals surface area contributed by atoms with Crippen molar-refractivity contribution in [1.29, 1.82) is 0 Å². The molecule has 33 heavy (non-hydrogen) atoms. The summed E-state index contributed by atoms with van der Waals surface area (Å²) in [6.45, 7) is 10.1. The van der Waals surface area contributed by atoms with Crippen LogP contribution in [0.25, 0.3) is 0 Å². The third kappa shape index (κ3) is 6.44. The number of amides is 2. The van der Waals surface area contributed by atoms with Crippen LogP contribution in [0.1, 0.15) is 40.3 Å². The van der Waals surface area contributed by atoms with Crippen LogP contribution < -0.4 is 10.6 Å². The first kappa shape index (κ1) is 25.0. The molecule has 0 aliphatic heterocycles. The predicted octanol–water partition coefficient (Wildman–Crippen LogP) is 4.91. The Morgan fingerprint density at radius 3 is 2.48 bits per heavy atom. The lowest BCUT2D eigenvalue weighted by atomic mass is 10.1. The summed E-state index contributed by atoms with van der Waals surface area (Å²) < 4.78 is 3.00. The molecule has 0 fully saturated rings. The molecule has 2 N–H and O–H groups in total. The van der Waals surface area contributed by atoms with E-state index in [2.05, 4.69) is 50.0 Å². The molecule has 1 aromatic heterocycles. The second kappa shape index (κ2) is 11.5. The van der Waals surface area contributed by atoms with Crippen LogP contribution in [0.5, 0.6) is 0 Å². The Bertz CT molecular complexity index is 1140. The van der Waals surface area contributed by atoms with Gasteiger partial charge in [-0.05, 0) is 78.8 Å². The summed E-state index contributed by atoms with van der Waals surface area (Å²) in [5.41, 5.74) is 3.47. The molecule has 2 aromatic carbocycles. The number of benzene rings is 2. The van der Waals surface area contributed by atoms with Crippen LogP contribution in [0.3, 0.4) is 0 Å². The minimum absolute atomic E-state index is 0.118. The maximum atomic E-state index is 12.6. The molecule has 0 aliphatic rings. The first-order chi connectivity index (χ1) is 15.8. The molecule has 0 aliphatic carbocycles. The smallest absolute Gasteiger partial charge is 0.251 e. The number of thioether (sulfide) groups is 1. The summed E-state index contributed by atoms with van der Waals surface area (Å²) in [4.78, 5) is 25.1. The SMILES string of the molecule is C=CCn1c(SCC(=O)Nc2c(C)cc(I)cc2C)nnc1[C@@H](C)NC(=O)c1ccccc1. The van der Waals surface area contributed by atoms with Crippen molar-refractivity contribution >= 4 is 51.9 Å². The quantitative estimate of drug-likeness (QED) is 0.215. The number of aromatic nitrogens is 3. The highest BCUT2D eigenvalue weighted by Crippen LogP contribution is 2.25. The predicted molar refractivity (Wildman–Crippen MR) is 141 cm³/mol. The molecule has 7 nitrogen and oxygen atoms in total. The fourth-order valence-corrected chi connectivity index (χ4v) is 5.06. The van der Waals surface area contributed by atoms with Gasteiger partial charge in [0.1, 0.15) is 0 Å². The van der Waals surface area contributed by atoms with E-state index in [0.717, 1.165) is 20.4 Å². The van der Waals surface area contributed by atoms with Gasteiger partial charge in [-0.15, -0.1) is 16.8 Å². The number of rotatable bonds is 9. The van der Waals surface area contributed by atoms with Crippen molar-refractivity contribution in [1.82, 2.24) is 20.1 Å². The second-order valence-corrected chi connectivity index (χ2v) is 9.74. The molecule has 1 heterocycles. The van der Waals surface area contributed by atoms with E-state index in [4.69, 9.17) is 0 Å². The lowest BCUT2D eigenvalue weighted by molar-refractivity contribution is -0.113. The second-order valence-electron chi connectivity index (χ2n) is 7.55. The molecular weight excluding hydrogens is 549 g/mol. The number of halogens is 1. The zero-order valence-corrected chi connectivity index (χ0v) is 21.7. The van der Waals surface area contributed by atoms with Crippen molar-refractivity contribution in [2.24, 2.45) is 0 Å². The summed E-state index contributed by atoms with van der Waals surface area (Å²) in [6, 6.07) is 12.7. The molecule has 3 rings (SSSR count). The van der Waals surface area contributed by atoms with Crippen molar-refractivity contribution in [2.45, 2.75) is 38.5 Å². The third-order valence-corrected chi connectivity index (χ3v) is 6.51. The number of carbonyl (C=O) groups excluding carboxylic acids is 2. The Kier molecular flexibility index (Phi) is 8.67. The Labute approximate surface area is 211 Å². The summed E-state index contributed by atoms with van der Waals surface area (Å²) in [7, 11) is 0. The lowest BCUT2D eigenvalue weighted by Crippen LogP contribution is -2.28. The minimum atomic E-state index is -0.370. The summed E-state index contributed by atoms with van der Waals surface area (Å²) >= 11 is 3.56. The van der Waals surface area contributed by atoms with E-state index in [1.54, 1.807) is 18.2 Å². The van der Waals surface area contributed by atoms with Gasteiger partial charge in [0.2, 0.25) is 5.91 Å². The van der Waals surface area contributed by atoms with Gasteiger partial charge in [-0.3, -0.25) is 9.59 Å². The van der Waals surface area contributed by atoms with Gasteiger partial charge in [0.15, 0.2) is 11.0 Å². The molecule has 9 heteroatoms. The standard InChI is InChI=1S/C24H26IN5O2S/c1-5-11-30-22(17(4)26-23(32)18-9-7-6-8-10-18)28-29-24(30)33-14-20(31)27-21-15(2)12-19(25)13-16(21)3/h5-10,12-13,17H,1,11,14H2,2-4H3,(H,26,32)(H,27,31)/t17-/m1/s1. The number of nitrogens with zero attached hydrogens (tertiary/aromatic N) is 3.